The molecule has 1 amide bonds. The maximum absolute atomic E-state index is 12.7. The zero-order valence-corrected chi connectivity index (χ0v) is 14.4. The fraction of sp³-hybridized carbons (Fsp3) is 0.389. The van der Waals surface area contributed by atoms with Crippen molar-refractivity contribution < 1.29 is 14.7 Å². The van der Waals surface area contributed by atoms with Gasteiger partial charge in [-0.1, -0.05) is 30.3 Å². The molecule has 1 aromatic heterocycles. The highest BCUT2D eigenvalue weighted by molar-refractivity contribution is 5.84. The highest BCUT2D eigenvalue weighted by Crippen LogP contribution is 2.25. The van der Waals surface area contributed by atoms with Gasteiger partial charge in [-0.15, -0.1) is 0 Å². The van der Waals surface area contributed by atoms with Gasteiger partial charge in [-0.25, -0.2) is 0 Å². The van der Waals surface area contributed by atoms with Gasteiger partial charge in [0.05, 0.1) is 24.1 Å². The van der Waals surface area contributed by atoms with Gasteiger partial charge in [-0.05, 0) is 26.3 Å². The van der Waals surface area contributed by atoms with Crippen LogP contribution in [0.25, 0.3) is 0 Å². The van der Waals surface area contributed by atoms with E-state index in [1.165, 1.54) is 0 Å². The molecule has 0 radical (unpaired) electrons. The summed E-state index contributed by atoms with van der Waals surface area (Å²) in [5.41, 5.74) is 3.41. The van der Waals surface area contributed by atoms with Crippen LogP contribution in [0.2, 0.25) is 0 Å². The Labute approximate surface area is 141 Å². The summed E-state index contributed by atoms with van der Waals surface area (Å²) in [4.78, 5) is 23.8. The van der Waals surface area contributed by atoms with E-state index in [1.807, 2.05) is 58.2 Å². The lowest BCUT2D eigenvalue weighted by Gasteiger charge is -2.20. The number of aliphatic carboxylic acids is 1. The zero-order chi connectivity index (χ0) is 17.9. The number of aromatic nitrogens is 2. The van der Waals surface area contributed by atoms with Gasteiger partial charge in [0.2, 0.25) is 5.91 Å². The molecule has 2 rings (SSSR count). The molecule has 2 N–H and O–H groups in total. The van der Waals surface area contributed by atoms with E-state index < -0.39 is 17.9 Å². The van der Waals surface area contributed by atoms with Crippen LogP contribution in [-0.2, 0) is 16.6 Å². The third-order valence-corrected chi connectivity index (χ3v) is 4.29. The fourth-order valence-electron chi connectivity index (χ4n) is 2.96. The predicted octanol–water partition coefficient (Wildman–Crippen LogP) is 2.47. The molecular weight excluding hydrogens is 306 g/mol. The quantitative estimate of drug-likeness (QED) is 0.853. The van der Waals surface area contributed by atoms with Crippen molar-refractivity contribution in [3.05, 3.63) is 52.8 Å². The molecule has 2 aromatic rings. The SMILES string of the molecule is Cc1nn(C)c(C)c1C(C)C(=O)NC(CC(=O)O)c1ccccc1. The number of carboxylic acids is 1. The van der Waals surface area contributed by atoms with E-state index in [0.29, 0.717) is 0 Å². The third kappa shape index (κ3) is 3.82. The van der Waals surface area contributed by atoms with Gasteiger partial charge < -0.3 is 10.4 Å². The van der Waals surface area contributed by atoms with Crippen LogP contribution in [-0.4, -0.2) is 26.8 Å². The predicted molar refractivity (Wildman–Crippen MR) is 90.7 cm³/mol. The molecule has 0 aliphatic heterocycles. The molecule has 2 unspecified atom stereocenters. The van der Waals surface area contributed by atoms with Gasteiger partial charge >= 0.3 is 5.97 Å². The number of benzene rings is 1. The first-order chi connectivity index (χ1) is 11.3. The monoisotopic (exact) mass is 329 g/mol. The summed E-state index contributed by atoms with van der Waals surface area (Å²) in [6.45, 7) is 5.61. The van der Waals surface area contributed by atoms with Crippen LogP contribution >= 0.6 is 0 Å². The minimum absolute atomic E-state index is 0.159. The maximum Gasteiger partial charge on any atom is 0.305 e. The standard InChI is InChI=1S/C18H23N3O3/c1-11(17-12(2)20-21(4)13(17)3)18(24)19-15(10-16(22)23)14-8-6-5-7-9-14/h5-9,11,15H,10H2,1-4H3,(H,19,24)(H,22,23). The van der Waals surface area contributed by atoms with E-state index in [0.717, 1.165) is 22.5 Å². The first-order valence-electron chi connectivity index (χ1n) is 7.88. The van der Waals surface area contributed by atoms with Crippen molar-refractivity contribution in [1.82, 2.24) is 15.1 Å². The molecule has 0 saturated heterocycles. The zero-order valence-electron chi connectivity index (χ0n) is 14.4. The van der Waals surface area contributed by atoms with Crippen molar-refractivity contribution in [2.75, 3.05) is 0 Å². The Balaban J connectivity index is 2.22. The van der Waals surface area contributed by atoms with Gasteiger partial charge in [-0.3, -0.25) is 14.3 Å². The number of carbonyl (C=O) groups excluding carboxylic acids is 1. The van der Waals surface area contributed by atoms with Crippen molar-refractivity contribution >= 4 is 11.9 Å². The molecule has 2 atom stereocenters. The van der Waals surface area contributed by atoms with Crippen molar-refractivity contribution in [2.45, 2.75) is 39.2 Å². The largest absolute Gasteiger partial charge is 0.481 e. The molecule has 0 saturated carbocycles. The molecule has 0 fully saturated rings. The van der Waals surface area contributed by atoms with E-state index in [1.54, 1.807) is 4.68 Å². The highest BCUT2D eigenvalue weighted by Gasteiger charge is 2.26. The smallest absolute Gasteiger partial charge is 0.305 e. The van der Waals surface area contributed by atoms with Gasteiger partial charge in [0.15, 0.2) is 0 Å². The summed E-state index contributed by atoms with van der Waals surface area (Å²) < 4.78 is 1.75. The van der Waals surface area contributed by atoms with Crippen LogP contribution in [0.3, 0.4) is 0 Å². The molecule has 128 valence electrons. The van der Waals surface area contributed by atoms with Gasteiger partial charge in [-0.2, -0.15) is 5.10 Å². The summed E-state index contributed by atoms with van der Waals surface area (Å²) in [6.07, 6.45) is -0.159. The van der Waals surface area contributed by atoms with Crippen LogP contribution < -0.4 is 5.32 Å². The number of amides is 1. The van der Waals surface area contributed by atoms with Crippen molar-refractivity contribution in [3.63, 3.8) is 0 Å². The van der Waals surface area contributed by atoms with Crippen molar-refractivity contribution in [1.29, 1.82) is 0 Å². The Morgan fingerprint density at radius 1 is 1.25 bits per heavy atom. The maximum atomic E-state index is 12.7. The minimum atomic E-state index is -0.953. The molecule has 6 nitrogen and oxygen atoms in total. The van der Waals surface area contributed by atoms with Crippen LogP contribution in [0.5, 0.6) is 0 Å². The first-order valence-corrected chi connectivity index (χ1v) is 7.88. The minimum Gasteiger partial charge on any atom is -0.481 e. The molecule has 1 heterocycles. The normalized spacial score (nSPS) is 13.3. The molecule has 0 spiro atoms. The Kier molecular flexibility index (Phi) is 5.39. The lowest BCUT2D eigenvalue weighted by atomic mass is 9.96. The first kappa shape index (κ1) is 17.7. The van der Waals surface area contributed by atoms with Gasteiger partial charge in [0, 0.05) is 18.3 Å². The Bertz CT molecular complexity index is 737. The lowest BCUT2D eigenvalue weighted by Crippen LogP contribution is -2.33. The molecule has 0 aliphatic rings. The number of rotatable bonds is 6. The summed E-state index contributed by atoms with van der Waals surface area (Å²) in [7, 11) is 1.84. The summed E-state index contributed by atoms with van der Waals surface area (Å²) >= 11 is 0. The summed E-state index contributed by atoms with van der Waals surface area (Å²) in [5, 5.41) is 16.4. The van der Waals surface area contributed by atoms with E-state index in [-0.39, 0.29) is 12.3 Å². The number of hydrogen-bond donors (Lipinski definition) is 2. The second-order valence-electron chi connectivity index (χ2n) is 6.00. The molecule has 0 bridgehead atoms. The number of aryl methyl sites for hydroxylation is 2. The second-order valence-corrected chi connectivity index (χ2v) is 6.00. The average molecular weight is 329 g/mol. The lowest BCUT2D eigenvalue weighted by molar-refractivity contribution is -0.137. The number of carboxylic acid groups (broad SMARTS) is 1. The van der Waals surface area contributed by atoms with Crippen molar-refractivity contribution in [3.8, 4) is 0 Å². The van der Waals surface area contributed by atoms with E-state index >= 15 is 0 Å². The Morgan fingerprint density at radius 2 is 1.88 bits per heavy atom. The highest BCUT2D eigenvalue weighted by atomic mass is 16.4. The van der Waals surface area contributed by atoms with Gasteiger partial charge in [0.1, 0.15) is 0 Å². The average Bonchev–Trinajstić information content (AvgIpc) is 2.79. The summed E-state index contributed by atoms with van der Waals surface area (Å²) in [6, 6.07) is 8.59. The van der Waals surface area contributed by atoms with Crippen LogP contribution in [0, 0.1) is 13.8 Å². The Hall–Kier alpha value is -2.63. The number of nitrogens with one attached hydrogen (secondary N) is 1. The van der Waals surface area contributed by atoms with Crippen LogP contribution in [0.4, 0.5) is 0 Å². The topological polar surface area (TPSA) is 84.2 Å². The molecular formula is C18H23N3O3. The molecule has 6 heteroatoms. The number of nitrogens with zero attached hydrogens (tertiary/aromatic N) is 2. The molecule has 0 aliphatic carbocycles. The van der Waals surface area contributed by atoms with E-state index in [9.17, 15) is 9.59 Å². The van der Waals surface area contributed by atoms with Gasteiger partial charge in [0.25, 0.3) is 0 Å². The third-order valence-electron chi connectivity index (χ3n) is 4.29. The number of carbonyl (C=O) groups is 2. The van der Waals surface area contributed by atoms with E-state index in [4.69, 9.17) is 5.11 Å². The molecule has 24 heavy (non-hydrogen) atoms. The van der Waals surface area contributed by atoms with E-state index in [2.05, 4.69) is 10.4 Å². The molecule has 1 aromatic carbocycles. The summed E-state index contributed by atoms with van der Waals surface area (Å²) in [5.74, 6) is -1.56. The van der Waals surface area contributed by atoms with Crippen LogP contribution in [0.1, 0.15) is 47.8 Å². The van der Waals surface area contributed by atoms with Crippen LogP contribution in [0.15, 0.2) is 30.3 Å². The Morgan fingerprint density at radius 3 is 2.38 bits per heavy atom. The van der Waals surface area contributed by atoms with Crippen molar-refractivity contribution in [2.24, 2.45) is 7.05 Å². The second kappa shape index (κ2) is 7.29. The fourth-order valence-corrected chi connectivity index (χ4v) is 2.96. The number of hydrogen-bond acceptors (Lipinski definition) is 3.